The van der Waals surface area contributed by atoms with Crippen LogP contribution in [-0.4, -0.2) is 28.5 Å². The molecule has 14 heavy (non-hydrogen) atoms. The largest absolute Gasteiger partial charge is 0.393 e. The Balaban J connectivity index is 3.50. The number of nitrogens with one attached hydrogen (secondary N) is 1. The van der Waals surface area contributed by atoms with E-state index in [1.807, 2.05) is 6.92 Å². The summed E-state index contributed by atoms with van der Waals surface area (Å²) in [6.07, 6.45) is 2.78. The summed E-state index contributed by atoms with van der Waals surface area (Å²) < 4.78 is 0. The van der Waals surface area contributed by atoms with Gasteiger partial charge in [-0.05, 0) is 33.1 Å². The Morgan fingerprint density at radius 1 is 1.43 bits per heavy atom. The van der Waals surface area contributed by atoms with Crippen LogP contribution in [0.3, 0.4) is 0 Å². The summed E-state index contributed by atoms with van der Waals surface area (Å²) >= 11 is 3.32. The number of carbonyl (C=O) groups is 1. The normalized spacial score (nSPS) is 14.9. The smallest absolute Gasteiger partial charge is 0.220 e. The third-order valence-electron chi connectivity index (χ3n) is 1.89. The van der Waals surface area contributed by atoms with Crippen LogP contribution in [0.15, 0.2) is 0 Å². The van der Waals surface area contributed by atoms with Gasteiger partial charge in [0.1, 0.15) is 0 Å². The van der Waals surface area contributed by atoms with Gasteiger partial charge in [-0.3, -0.25) is 4.79 Å². The quantitative estimate of drug-likeness (QED) is 0.545. The standard InChI is InChI=1S/C10H20BrNO2/c1-8(7-9(2)13)12-10(14)5-3-4-6-11/h8-9,13H,3-7H2,1-2H3,(H,12,14). The molecule has 0 bridgehead atoms. The highest BCUT2D eigenvalue weighted by Gasteiger charge is 2.08. The number of hydrogen-bond donors (Lipinski definition) is 2. The first kappa shape index (κ1) is 13.9. The van der Waals surface area contributed by atoms with Crippen LogP contribution in [0.25, 0.3) is 0 Å². The van der Waals surface area contributed by atoms with E-state index in [-0.39, 0.29) is 18.1 Å². The van der Waals surface area contributed by atoms with Crippen LogP contribution in [0.5, 0.6) is 0 Å². The number of carbonyl (C=O) groups excluding carboxylic acids is 1. The van der Waals surface area contributed by atoms with E-state index < -0.39 is 0 Å². The summed E-state index contributed by atoms with van der Waals surface area (Å²) in [5, 5.41) is 12.9. The molecule has 0 spiro atoms. The van der Waals surface area contributed by atoms with Crippen LogP contribution in [0.2, 0.25) is 0 Å². The fraction of sp³-hybridized carbons (Fsp3) is 0.900. The fourth-order valence-electron chi connectivity index (χ4n) is 1.30. The molecular weight excluding hydrogens is 246 g/mol. The molecule has 0 aliphatic rings. The molecule has 0 fully saturated rings. The second kappa shape index (κ2) is 8.24. The Labute approximate surface area is 94.4 Å². The predicted molar refractivity (Wildman–Crippen MR) is 61.5 cm³/mol. The first-order valence-corrected chi connectivity index (χ1v) is 6.21. The number of unbranched alkanes of at least 4 members (excludes halogenated alkanes) is 1. The number of aliphatic hydroxyl groups excluding tert-OH is 1. The van der Waals surface area contributed by atoms with Gasteiger partial charge < -0.3 is 10.4 Å². The number of hydrogen-bond acceptors (Lipinski definition) is 2. The Hall–Kier alpha value is -0.0900. The van der Waals surface area contributed by atoms with Crippen molar-refractivity contribution in [2.75, 3.05) is 5.33 Å². The molecule has 0 aromatic heterocycles. The molecule has 0 heterocycles. The first-order valence-electron chi connectivity index (χ1n) is 5.09. The minimum absolute atomic E-state index is 0.0615. The predicted octanol–water partition coefficient (Wildman–Crippen LogP) is 1.83. The molecule has 0 aromatic carbocycles. The molecule has 2 unspecified atom stereocenters. The van der Waals surface area contributed by atoms with Gasteiger partial charge in [-0.25, -0.2) is 0 Å². The molecule has 84 valence electrons. The summed E-state index contributed by atoms with van der Waals surface area (Å²) in [5.74, 6) is 0.0825. The van der Waals surface area contributed by atoms with E-state index in [9.17, 15) is 4.79 Å². The molecule has 2 atom stereocenters. The van der Waals surface area contributed by atoms with Gasteiger partial charge >= 0.3 is 0 Å². The summed E-state index contributed by atoms with van der Waals surface area (Å²) in [7, 11) is 0. The monoisotopic (exact) mass is 265 g/mol. The maximum absolute atomic E-state index is 11.3. The third-order valence-corrected chi connectivity index (χ3v) is 2.45. The van der Waals surface area contributed by atoms with Crippen LogP contribution in [-0.2, 0) is 4.79 Å². The average Bonchev–Trinajstić information content (AvgIpc) is 2.02. The summed E-state index contributed by atoms with van der Waals surface area (Å²) in [6, 6.07) is 0.0615. The lowest BCUT2D eigenvalue weighted by Gasteiger charge is -2.15. The minimum atomic E-state index is -0.354. The van der Waals surface area contributed by atoms with E-state index in [1.165, 1.54) is 0 Å². The van der Waals surface area contributed by atoms with Crippen LogP contribution in [0.4, 0.5) is 0 Å². The SMILES string of the molecule is CC(O)CC(C)NC(=O)CCCCBr. The molecule has 2 N–H and O–H groups in total. The minimum Gasteiger partial charge on any atom is -0.393 e. The van der Waals surface area contributed by atoms with Gasteiger partial charge in [0, 0.05) is 17.8 Å². The van der Waals surface area contributed by atoms with Crippen molar-refractivity contribution in [1.29, 1.82) is 0 Å². The topological polar surface area (TPSA) is 49.3 Å². The van der Waals surface area contributed by atoms with Gasteiger partial charge in [0.15, 0.2) is 0 Å². The van der Waals surface area contributed by atoms with E-state index in [2.05, 4.69) is 21.2 Å². The molecule has 3 nitrogen and oxygen atoms in total. The lowest BCUT2D eigenvalue weighted by molar-refractivity contribution is -0.121. The molecule has 0 saturated carbocycles. The van der Waals surface area contributed by atoms with Crippen molar-refractivity contribution in [3.8, 4) is 0 Å². The van der Waals surface area contributed by atoms with Crippen LogP contribution in [0, 0.1) is 0 Å². The number of aliphatic hydroxyl groups is 1. The van der Waals surface area contributed by atoms with Gasteiger partial charge in [-0.1, -0.05) is 15.9 Å². The maximum Gasteiger partial charge on any atom is 0.220 e. The van der Waals surface area contributed by atoms with Crippen molar-refractivity contribution in [3.63, 3.8) is 0 Å². The maximum atomic E-state index is 11.3. The fourth-order valence-corrected chi connectivity index (χ4v) is 1.69. The molecule has 0 aromatic rings. The van der Waals surface area contributed by atoms with E-state index in [0.717, 1.165) is 18.2 Å². The lowest BCUT2D eigenvalue weighted by atomic mass is 10.1. The van der Waals surface area contributed by atoms with Crippen molar-refractivity contribution >= 4 is 21.8 Å². The highest BCUT2D eigenvalue weighted by molar-refractivity contribution is 9.09. The zero-order valence-corrected chi connectivity index (χ0v) is 10.5. The van der Waals surface area contributed by atoms with Crippen LogP contribution >= 0.6 is 15.9 Å². The molecule has 0 aliphatic heterocycles. The molecule has 1 amide bonds. The third kappa shape index (κ3) is 8.51. The number of alkyl halides is 1. The Kier molecular flexibility index (Phi) is 8.18. The Morgan fingerprint density at radius 3 is 2.57 bits per heavy atom. The summed E-state index contributed by atoms with van der Waals surface area (Å²) in [6.45, 7) is 3.64. The summed E-state index contributed by atoms with van der Waals surface area (Å²) in [4.78, 5) is 11.3. The second-order valence-electron chi connectivity index (χ2n) is 3.70. The van der Waals surface area contributed by atoms with E-state index in [0.29, 0.717) is 12.8 Å². The van der Waals surface area contributed by atoms with Crippen molar-refractivity contribution in [2.45, 2.75) is 51.7 Å². The molecule has 4 heteroatoms. The zero-order valence-electron chi connectivity index (χ0n) is 8.92. The van der Waals surface area contributed by atoms with Gasteiger partial charge in [0.25, 0.3) is 0 Å². The van der Waals surface area contributed by atoms with E-state index in [1.54, 1.807) is 6.92 Å². The van der Waals surface area contributed by atoms with Gasteiger partial charge in [-0.15, -0.1) is 0 Å². The number of rotatable bonds is 7. The van der Waals surface area contributed by atoms with Gasteiger partial charge in [-0.2, -0.15) is 0 Å². The molecule has 0 radical (unpaired) electrons. The average molecular weight is 266 g/mol. The number of amides is 1. The van der Waals surface area contributed by atoms with Crippen molar-refractivity contribution < 1.29 is 9.90 Å². The van der Waals surface area contributed by atoms with Crippen molar-refractivity contribution in [2.24, 2.45) is 0 Å². The molecule has 0 rings (SSSR count). The zero-order chi connectivity index (χ0) is 11.0. The van der Waals surface area contributed by atoms with E-state index in [4.69, 9.17) is 5.11 Å². The lowest BCUT2D eigenvalue weighted by Crippen LogP contribution is -2.34. The highest BCUT2D eigenvalue weighted by Crippen LogP contribution is 2.01. The first-order chi connectivity index (χ1) is 6.56. The highest BCUT2D eigenvalue weighted by atomic mass is 79.9. The van der Waals surface area contributed by atoms with Crippen molar-refractivity contribution in [3.05, 3.63) is 0 Å². The van der Waals surface area contributed by atoms with Gasteiger partial charge in [0.05, 0.1) is 6.10 Å². The second-order valence-corrected chi connectivity index (χ2v) is 4.49. The Bertz CT molecular complexity index is 162. The molecule has 0 saturated heterocycles. The van der Waals surface area contributed by atoms with Crippen LogP contribution in [0.1, 0.15) is 39.5 Å². The van der Waals surface area contributed by atoms with Crippen LogP contribution < -0.4 is 5.32 Å². The molecular formula is C10H20BrNO2. The number of halogens is 1. The Morgan fingerprint density at radius 2 is 2.07 bits per heavy atom. The molecule has 0 aliphatic carbocycles. The van der Waals surface area contributed by atoms with E-state index >= 15 is 0 Å². The van der Waals surface area contributed by atoms with Crippen molar-refractivity contribution in [1.82, 2.24) is 5.32 Å². The van der Waals surface area contributed by atoms with Gasteiger partial charge in [0.2, 0.25) is 5.91 Å². The summed E-state index contributed by atoms with van der Waals surface area (Å²) in [5.41, 5.74) is 0.